The highest BCUT2D eigenvalue weighted by atomic mass is 35.5. The normalized spacial score (nSPS) is 10.3. The monoisotopic (exact) mass is 305 g/mol. The molecule has 0 aliphatic carbocycles. The molecule has 0 saturated heterocycles. The Morgan fingerprint density at radius 1 is 1.15 bits per heavy atom. The van der Waals surface area contributed by atoms with E-state index in [1.54, 1.807) is 0 Å². The summed E-state index contributed by atoms with van der Waals surface area (Å²) in [7, 11) is 0. The number of nitrogens with one attached hydrogen (secondary N) is 1. The van der Waals surface area contributed by atoms with E-state index in [1.807, 2.05) is 48.5 Å². The van der Waals surface area contributed by atoms with E-state index in [1.165, 1.54) is 11.8 Å². The van der Waals surface area contributed by atoms with E-state index in [9.17, 15) is 4.79 Å². The van der Waals surface area contributed by atoms with Gasteiger partial charge in [-0.3, -0.25) is 4.79 Å². The van der Waals surface area contributed by atoms with Crippen molar-refractivity contribution >= 4 is 35.0 Å². The van der Waals surface area contributed by atoms with Crippen LogP contribution in [0.25, 0.3) is 0 Å². The van der Waals surface area contributed by atoms with Gasteiger partial charge in [0.1, 0.15) is 0 Å². The largest absolute Gasteiger partial charge is 0.325 e. The summed E-state index contributed by atoms with van der Waals surface area (Å²) >= 11 is 7.51. The van der Waals surface area contributed by atoms with Crippen LogP contribution in [0, 0.1) is 0 Å². The molecule has 0 aliphatic rings. The predicted molar refractivity (Wildman–Crippen MR) is 86.6 cm³/mol. The summed E-state index contributed by atoms with van der Waals surface area (Å²) < 4.78 is 0. The van der Waals surface area contributed by atoms with Crippen LogP contribution in [-0.4, -0.2) is 11.7 Å². The lowest BCUT2D eigenvalue weighted by molar-refractivity contribution is -0.113. The first-order chi connectivity index (χ1) is 9.70. The number of hydrogen-bond acceptors (Lipinski definition) is 2. The van der Waals surface area contributed by atoms with Gasteiger partial charge in [-0.15, -0.1) is 11.8 Å². The first kappa shape index (κ1) is 14.9. The van der Waals surface area contributed by atoms with Gasteiger partial charge in [-0.2, -0.15) is 0 Å². The van der Waals surface area contributed by atoms with Gasteiger partial charge in [-0.25, -0.2) is 0 Å². The quantitative estimate of drug-likeness (QED) is 0.816. The smallest absolute Gasteiger partial charge is 0.234 e. The van der Waals surface area contributed by atoms with E-state index in [4.69, 9.17) is 11.6 Å². The lowest BCUT2D eigenvalue weighted by Crippen LogP contribution is -2.15. The molecule has 0 bridgehead atoms. The minimum atomic E-state index is -0.0178. The van der Waals surface area contributed by atoms with Gasteiger partial charge in [0.25, 0.3) is 0 Å². The number of carbonyl (C=O) groups excluding carboxylic acids is 1. The number of thioether (sulfide) groups is 1. The molecule has 0 unspecified atom stereocenters. The maximum absolute atomic E-state index is 12.0. The fourth-order valence-electron chi connectivity index (χ4n) is 1.84. The highest BCUT2D eigenvalue weighted by Gasteiger charge is 2.07. The zero-order valence-electron chi connectivity index (χ0n) is 11.2. The van der Waals surface area contributed by atoms with E-state index in [0.717, 1.165) is 22.6 Å². The van der Waals surface area contributed by atoms with Gasteiger partial charge in [-0.1, -0.05) is 48.9 Å². The molecule has 0 aliphatic heterocycles. The molecule has 1 N–H and O–H groups in total. The van der Waals surface area contributed by atoms with Gasteiger partial charge in [-0.05, 0) is 30.2 Å². The molecule has 0 spiro atoms. The number of hydrogen-bond donors (Lipinski definition) is 1. The average molecular weight is 306 g/mol. The summed E-state index contributed by atoms with van der Waals surface area (Å²) in [6.45, 7) is 2.07. The lowest BCUT2D eigenvalue weighted by Gasteiger charge is -2.09. The molecule has 1 amide bonds. The first-order valence-electron chi connectivity index (χ1n) is 6.45. The second-order valence-electron chi connectivity index (χ2n) is 4.28. The molecule has 20 heavy (non-hydrogen) atoms. The standard InChI is InChI=1S/C16H16ClNOS/c1-2-12-7-3-5-9-14(12)18-16(19)11-20-15-10-6-4-8-13(15)17/h3-10H,2,11H2,1H3,(H,18,19). The van der Waals surface area contributed by atoms with Crippen LogP contribution < -0.4 is 5.32 Å². The molecule has 0 heterocycles. The van der Waals surface area contributed by atoms with Crippen LogP contribution in [0.5, 0.6) is 0 Å². The molecule has 4 heteroatoms. The summed E-state index contributed by atoms with van der Waals surface area (Å²) in [4.78, 5) is 12.9. The summed E-state index contributed by atoms with van der Waals surface area (Å²) in [5, 5.41) is 3.63. The van der Waals surface area contributed by atoms with Crippen molar-refractivity contribution in [1.82, 2.24) is 0 Å². The zero-order chi connectivity index (χ0) is 14.4. The minimum Gasteiger partial charge on any atom is -0.325 e. The van der Waals surface area contributed by atoms with E-state index in [2.05, 4.69) is 12.2 Å². The Kier molecular flexibility index (Phi) is 5.50. The van der Waals surface area contributed by atoms with Crippen molar-refractivity contribution in [1.29, 1.82) is 0 Å². The third kappa shape index (κ3) is 4.02. The van der Waals surface area contributed by atoms with Crippen molar-refractivity contribution < 1.29 is 4.79 Å². The van der Waals surface area contributed by atoms with E-state index >= 15 is 0 Å². The Bertz CT molecular complexity index is 601. The SMILES string of the molecule is CCc1ccccc1NC(=O)CSc1ccccc1Cl. The molecule has 0 fully saturated rings. The molecule has 0 saturated carbocycles. The van der Waals surface area contributed by atoms with Crippen molar-refractivity contribution in [2.75, 3.05) is 11.1 Å². The molecule has 104 valence electrons. The molecule has 2 rings (SSSR count). The molecule has 2 nitrogen and oxygen atoms in total. The van der Waals surface area contributed by atoms with Crippen LogP contribution in [0.2, 0.25) is 5.02 Å². The fraction of sp³-hybridized carbons (Fsp3) is 0.188. The highest BCUT2D eigenvalue weighted by molar-refractivity contribution is 8.00. The Morgan fingerprint density at radius 3 is 2.60 bits per heavy atom. The number of aryl methyl sites for hydroxylation is 1. The number of anilines is 1. The summed E-state index contributed by atoms with van der Waals surface area (Å²) in [6, 6.07) is 15.4. The second-order valence-corrected chi connectivity index (χ2v) is 5.70. The summed E-state index contributed by atoms with van der Waals surface area (Å²) in [5.41, 5.74) is 2.03. The van der Waals surface area contributed by atoms with Crippen molar-refractivity contribution in [3.05, 3.63) is 59.1 Å². The van der Waals surface area contributed by atoms with Crippen molar-refractivity contribution in [2.24, 2.45) is 0 Å². The second kappa shape index (κ2) is 7.36. The summed E-state index contributed by atoms with van der Waals surface area (Å²) in [5.74, 6) is 0.331. The van der Waals surface area contributed by atoms with E-state index in [-0.39, 0.29) is 5.91 Å². The maximum atomic E-state index is 12.0. The summed E-state index contributed by atoms with van der Waals surface area (Å²) in [6.07, 6.45) is 0.897. The van der Waals surface area contributed by atoms with Gasteiger partial charge < -0.3 is 5.32 Å². The van der Waals surface area contributed by atoms with Crippen LogP contribution in [0.15, 0.2) is 53.4 Å². The van der Waals surface area contributed by atoms with Crippen LogP contribution in [-0.2, 0) is 11.2 Å². The van der Waals surface area contributed by atoms with Gasteiger partial charge in [0.15, 0.2) is 0 Å². The predicted octanol–water partition coefficient (Wildman–Crippen LogP) is 4.63. The Labute approximate surface area is 128 Å². The maximum Gasteiger partial charge on any atom is 0.234 e. The van der Waals surface area contributed by atoms with Crippen LogP contribution >= 0.6 is 23.4 Å². The molecule has 0 aromatic heterocycles. The molecule has 0 atom stereocenters. The number of rotatable bonds is 5. The van der Waals surface area contributed by atoms with Gasteiger partial charge in [0, 0.05) is 10.6 Å². The van der Waals surface area contributed by atoms with Gasteiger partial charge >= 0.3 is 0 Å². The number of amides is 1. The third-order valence-electron chi connectivity index (χ3n) is 2.87. The molecule has 2 aromatic carbocycles. The number of halogens is 1. The first-order valence-corrected chi connectivity index (χ1v) is 7.82. The highest BCUT2D eigenvalue weighted by Crippen LogP contribution is 2.26. The fourth-order valence-corrected chi connectivity index (χ4v) is 2.88. The third-order valence-corrected chi connectivity index (χ3v) is 4.38. The minimum absolute atomic E-state index is 0.0178. The number of carbonyl (C=O) groups is 1. The van der Waals surface area contributed by atoms with Crippen LogP contribution in [0.4, 0.5) is 5.69 Å². The van der Waals surface area contributed by atoms with Crippen molar-refractivity contribution in [3.8, 4) is 0 Å². The number of benzene rings is 2. The number of para-hydroxylation sites is 1. The Morgan fingerprint density at radius 2 is 1.85 bits per heavy atom. The Balaban J connectivity index is 1.95. The van der Waals surface area contributed by atoms with E-state index < -0.39 is 0 Å². The van der Waals surface area contributed by atoms with Crippen LogP contribution in [0.3, 0.4) is 0 Å². The zero-order valence-corrected chi connectivity index (χ0v) is 12.8. The lowest BCUT2D eigenvalue weighted by atomic mass is 10.1. The van der Waals surface area contributed by atoms with Crippen molar-refractivity contribution in [3.63, 3.8) is 0 Å². The van der Waals surface area contributed by atoms with Crippen molar-refractivity contribution in [2.45, 2.75) is 18.2 Å². The molecular weight excluding hydrogens is 290 g/mol. The topological polar surface area (TPSA) is 29.1 Å². The van der Waals surface area contributed by atoms with E-state index in [0.29, 0.717) is 10.8 Å². The molecule has 0 radical (unpaired) electrons. The molecule has 2 aromatic rings. The Hall–Kier alpha value is -1.45. The average Bonchev–Trinajstić information content (AvgIpc) is 2.47. The van der Waals surface area contributed by atoms with Crippen LogP contribution in [0.1, 0.15) is 12.5 Å². The molecular formula is C16H16ClNOS. The van der Waals surface area contributed by atoms with Gasteiger partial charge in [0.05, 0.1) is 10.8 Å². The van der Waals surface area contributed by atoms with Gasteiger partial charge in [0.2, 0.25) is 5.91 Å².